The van der Waals surface area contributed by atoms with Gasteiger partial charge in [-0.1, -0.05) is 6.42 Å². The van der Waals surface area contributed by atoms with Crippen molar-refractivity contribution in [1.82, 2.24) is 10.6 Å². The molecule has 13 heavy (non-hydrogen) atoms. The first-order valence-electron chi connectivity index (χ1n) is 5.48. The van der Waals surface area contributed by atoms with E-state index < -0.39 is 0 Å². The second-order valence-corrected chi connectivity index (χ2v) is 4.45. The lowest BCUT2D eigenvalue weighted by Crippen LogP contribution is -2.49. The number of rotatable bonds is 1. The molecule has 3 rings (SSSR count). The summed E-state index contributed by atoms with van der Waals surface area (Å²) in [6.07, 6.45) is 5.34. The van der Waals surface area contributed by atoms with E-state index in [4.69, 9.17) is 4.99 Å². The zero-order chi connectivity index (χ0) is 8.67. The van der Waals surface area contributed by atoms with E-state index in [0.29, 0.717) is 12.1 Å². The summed E-state index contributed by atoms with van der Waals surface area (Å²) in [7, 11) is 0. The molecule has 0 bridgehead atoms. The summed E-state index contributed by atoms with van der Waals surface area (Å²) in [5.41, 5.74) is 0. The fraction of sp³-hybridized carbons (Fsp3) is 0.900. The van der Waals surface area contributed by atoms with Crippen LogP contribution < -0.4 is 10.6 Å². The number of nitrogens with one attached hydrogen (secondary N) is 2. The third-order valence-corrected chi connectivity index (χ3v) is 3.58. The van der Waals surface area contributed by atoms with E-state index in [9.17, 15) is 0 Å². The van der Waals surface area contributed by atoms with E-state index in [-0.39, 0.29) is 0 Å². The van der Waals surface area contributed by atoms with E-state index >= 15 is 0 Å². The standard InChI is InChI=1S/C10H17N3/c1-2-7(3-1)10-12-8-4-5-11-6-9(8)13-10/h7-9,11H,1-6H2,(H,12,13). The second-order valence-electron chi connectivity index (χ2n) is 4.45. The monoisotopic (exact) mass is 179 g/mol. The minimum Gasteiger partial charge on any atom is -0.367 e. The Morgan fingerprint density at radius 3 is 2.85 bits per heavy atom. The highest BCUT2D eigenvalue weighted by Crippen LogP contribution is 2.30. The van der Waals surface area contributed by atoms with E-state index in [2.05, 4.69) is 10.6 Å². The Balaban J connectivity index is 1.70. The van der Waals surface area contributed by atoms with Crippen molar-refractivity contribution >= 4 is 5.84 Å². The van der Waals surface area contributed by atoms with Crippen molar-refractivity contribution in [3.05, 3.63) is 0 Å². The van der Waals surface area contributed by atoms with Crippen molar-refractivity contribution in [3.8, 4) is 0 Å². The fourth-order valence-corrected chi connectivity index (χ4v) is 2.46. The van der Waals surface area contributed by atoms with E-state index in [1.165, 1.54) is 31.5 Å². The average molecular weight is 179 g/mol. The summed E-state index contributed by atoms with van der Waals surface area (Å²) in [5, 5.41) is 7.00. The van der Waals surface area contributed by atoms with Crippen LogP contribution in [-0.2, 0) is 0 Å². The molecule has 72 valence electrons. The van der Waals surface area contributed by atoms with Crippen LogP contribution in [0.1, 0.15) is 25.7 Å². The molecule has 1 aliphatic carbocycles. The molecule has 2 unspecified atom stereocenters. The van der Waals surface area contributed by atoms with Crippen LogP contribution in [0, 0.1) is 5.92 Å². The number of nitrogens with zero attached hydrogens (tertiary/aromatic N) is 1. The molecule has 0 aromatic carbocycles. The quantitative estimate of drug-likeness (QED) is 0.615. The Bertz CT molecular complexity index is 232. The van der Waals surface area contributed by atoms with Gasteiger partial charge >= 0.3 is 0 Å². The maximum Gasteiger partial charge on any atom is 0.100 e. The molecule has 0 amide bonds. The highest BCUT2D eigenvalue weighted by atomic mass is 15.2. The van der Waals surface area contributed by atoms with E-state index in [1.54, 1.807) is 0 Å². The number of piperidine rings is 1. The van der Waals surface area contributed by atoms with Gasteiger partial charge in [-0.2, -0.15) is 0 Å². The average Bonchev–Trinajstić information content (AvgIpc) is 2.43. The van der Waals surface area contributed by atoms with Gasteiger partial charge in [-0.05, 0) is 25.8 Å². The SMILES string of the molecule is C1CC(C2=NC3CCNCC3N2)C1. The molecule has 3 heteroatoms. The summed E-state index contributed by atoms with van der Waals surface area (Å²) >= 11 is 0. The van der Waals surface area contributed by atoms with Gasteiger partial charge in [-0.3, -0.25) is 4.99 Å². The van der Waals surface area contributed by atoms with Crippen molar-refractivity contribution in [2.45, 2.75) is 37.8 Å². The molecule has 2 N–H and O–H groups in total. The number of hydrogen-bond donors (Lipinski definition) is 2. The molecule has 1 saturated carbocycles. The zero-order valence-corrected chi connectivity index (χ0v) is 7.92. The first-order valence-corrected chi connectivity index (χ1v) is 5.48. The molecule has 2 heterocycles. The first-order chi connectivity index (χ1) is 6.43. The molecule has 3 nitrogen and oxygen atoms in total. The molecule has 1 saturated heterocycles. The number of aliphatic imine (C=N–C) groups is 1. The third kappa shape index (κ3) is 1.26. The Morgan fingerprint density at radius 2 is 2.15 bits per heavy atom. The predicted molar refractivity (Wildman–Crippen MR) is 53.0 cm³/mol. The summed E-state index contributed by atoms with van der Waals surface area (Å²) in [4.78, 5) is 4.80. The lowest BCUT2D eigenvalue weighted by Gasteiger charge is -2.27. The van der Waals surface area contributed by atoms with Crippen LogP contribution in [0.2, 0.25) is 0 Å². The minimum absolute atomic E-state index is 0.580. The number of fused-ring (bicyclic) bond motifs is 1. The van der Waals surface area contributed by atoms with Crippen LogP contribution in [0.3, 0.4) is 0 Å². The Morgan fingerprint density at radius 1 is 1.23 bits per heavy atom. The van der Waals surface area contributed by atoms with Gasteiger partial charge in [-0.25, -0.2) is 0 Å². The maximum absolute atomic E-state index is 4.80. The zero-order valence-electron chi connectivity index (χ0n) is 7.92. The first kappa shape index (κ1) is 7.80. The molecular weight excluding hydrogens is 162 g/mol. The van der Waals surface area contributed by atoms with Crippen LogP contribution in [0.15, 0.2) is 4.99 Å². The normalized spacial score (nSPS) is 38.9. The van der Waals surface area contributed by atoms with Crippen LogP contribution in [0.5, 0.6) is 0 Å². The molecular formula is C10H17N3. The second kappa shape index (κ2) is 2.98. The highest BCUT2D eigenvalue weighted by Gasteiger charge is 2.35. The predicted octanol–water partition coefficient (Wildman–Crippen LogP) is 0.519. The highest BCUT2D eigenvalue weighted by molar-refractivity contribution is 5.87. The molecule has 2 fully saturated rings. The molecule has 0 spiro atoms. The molecule has 0 radical (unpaired) electrons. The summed E-state index contributed by atoms with van der Waals surface area (Å²) in [6, 6.07) is 1.18. The van der Waals surface area contributed by atoms with E-state index in [1.807, 2.05) is 0 Å². The van der Waals surface area contributed by atoms with E-state index in [0.717, 1.165) is 19.0 Å². The molecule has 0 aromatic heterocycles. The van der Waals surface area contributed by atoms with Crippen LogP contribution in [0.25, 0.3) is 0 Å². The third-order valence-electron chi connectivity index (χ3n) is 3.58. The largest absolute Gasteiger partial charge is 0.367 e. The number of amidine groups is 1. The summed E-state index contributed by atoms with van der Waals surface area (Å²) in [5.74, 6) is 2.11. The van der Waals surface area contributed by atoms with Crippen molar-refractivity contribution < 1.29 is 0 Å². The lowest BCUT2D eigenvalue weighted by molar-refractivity contribution is 0.389. The van der Waals surface area contributed by atoms with Gasteiger partial charge in [0.1, 0.15) is 5.84 Å². The van der Waals surface area contributed by atoms with Gasteiger partial charge < -0.3 is 10.6 Å². The van der Waals surface area contributed by atoms with Gasteiger partial charge in [-0.15, -0.1) is 0 Å². The topological polar surface area (TPSA) is 36.4 Å². The van der Waals surface area contributed by atoms with Crippen LogP contribution in [0.4, 0.5) is 0 Å². The smallest absolute Gasteiger partial charge is 0.100 e. The van der Waals surface area contributed by atoms with Crippen LogP contribution in [-0.4, -0.2) is 31.0 Å². The van der Waals surface area contributed by atoms with Gasteiger partial charge in [0.25, 0.3) is 0 Å². The van der Waals surface area contributed by atoms with Gasteiger partial charge in [0, 0.05) is 12.5 Å². The molecule has 3 aliphatic rings. The summed E-state index contributed by atoms with van der Waals surface area (Å²) < 4.78 is 0. The fourth-order valence-electron chi connectivity index (χ4n) is 2.46. The summed E-state index contributed by atoms with van der Waals surface area (Å²) in [6.45, 7) is 2.24. The van der Waals surface area contributed by atoms with Gasteiger partial charge in [0.15, 0.2) is 0 Å². The van der Waals surface area contributed by atoms with Crippen molar-refractivity contribution in [3.63, 3.8) is 0 Å². The number of hydrogen-bond acceptors (Lipinski definition) is 3. The van der Waals surface area contributed by atoms with Crippen molar-refractivity contribution in [2.24, 2.45) is 10.9 Å². The van der Waals surface area contributed by atoms with Crippen molar-refractivity contribution in [2.75, 3.05) is 13.1 Å². The molecule has 0 aromatic rings. The Hall–Kier alpha value is -0.570. The maximum atomic E-state index is 4.80. The van der Waals surface area contributed by atoms with Gasteiger partial charge in [0.05, 0.1) is 12.1 Å². The van der Waals surface area contributed by atoms with Crippen molar-refractivity contribution in [1.29, 1.82) is 0 Å². The Labute approximate surface area is 79.0 Å². The minimum atomic E-state index is 0.580. The van der Waals surface area contributed by atoms with Gasteiger partial charge in [0.2, 0.25) is 0 Å². The molecule has 2 atom stereocenters. The molecule has 2 aliphatic heterocycles. The lowest BCUT2D eigenvalue weighted by atomic mass is 9.84. The Kier molecular flexibility index (Phi) is 1.79. The van der Waals surface area contributed by atoms with Crippen LogP contribution >= 0.6 is 0 Å².